The Balaban J connectivity index is 2.06. The van der Waals surface area contributed by atoms with Crippen LogP contribution in [0.4, 0.5) is 0 Å². The number of hydrogen-bond donors (Lipinski definition) is 1. The Morgan fingerprint density at radius 1 is 1.23 bits per heavy atom. The highest BCUT2D eigenvalue weighted by Gasteiger charge is 2.06. The summed E-state index contributed by atoms with van der Waals surface area (Å²) in [4.78, 5) is 2.56. The molecule has 1 aliphatic heterocycles. The molecule has 0 bridgehead atoms. The zero-order valence-electron chi connectivity index (χ0n) is 8.72. The number of ether oxygens (including phenoxy) is 1. The Morgan fingerprint density at radius 2 is 1.92 bits per heavy atom. The molecule has 0 spiro atoms. The molecular weight excluding hydrogens is 164 g/mol. The Kier molecular flexibility index (Phi) is 6.15. The van der Waals surface area contributed by atoms with Gasteiger partial charge in [0.05, 0.1) is 0 Å². The first-order chi connectivity index (χ1) is 6.43. The monoisotopic (exact) mass is 186 g/mol. The first kappa shape index (κ1) is 11.0. The third-order valence-corrected chi connectivity index (χ3v) is 2.48. The lowest BCUT2D eigenvalue weighted by Crippen LogP contribution is -2.34. The molecule has 0 radical (unpaired) electrons. The third-order valence-electron chi connectivity index (χ3n) is 2.48. The van der Waals surface area contributed by atoms with E-state index in [2.05, 4.69) is 10.2 Å². The molecule has 1 heterocycles. The summed E-state index contributed by atoms with van der Waals surface area (Å²) in [7, 11) is 1.78. The summed E-state index contributed by atoms with van der Waals surface area (Å²) in [5.74, 6) is 0. The van der Waals surface area contributed by atoms with Gasteiger partial charge in [-0.1, -0.05) is 0 Å². The second-order valence-electron chi connectivity index (χ2n) is 3.65. The minimum Gasteiger partial charge on any atom is -0.385 e. The van der Waals surface area contributed by atoms with Crippen molar-refractivity contribution >= 4 is 0 Å². The maximum Gasteiger partial charge on any atom is 0.0474 e. The normalized spacial score (nSPS) is 21.0. The Labute approximate surface area is 81.4 Å². The average Bonchev–Trinajstić information content (AvgIpc) is 2.08. The van der Waals surface area contributed by atoms with Gasteiger partial charge in [0.25, 0.3) is 0 Å². The van der Waals surface area contributed by atoms with Crippen LogP contribution in [0.5, 0.6) is 0 Å². The van der Waals surface area contributed by atoms with Crippen molar-refractivity contribution in [1.29, 1.82) is 0 Å². The fraction of sp³-hybridized carbons (Fsp3) is 1.00. The van der Waals surface area contributed by atoms with Gasteiger partial charge in [-0.25, -0.2) is 0 Å². The first-order valence-corrected chi connectivity index (χ1v) is 5.35. The van der Waals surface area contributed by atoms with Crippen LogP contribution in [0.3, 0.4) is 0 Å². The van der Waals surface area contributed by atoms with Gasteiger partial charge in [-0.3, -0.25) is 0 Å². The predicted molar refractivity (Wildman–Crippen MR) is 55.0 cm³/mol. The van der Waals surface area contributed by atoms with Crippen LogP contribution in [0.2, 0.25) is 0 Å². The highest BCUT2D eigenvalue weighted by atomic mass is 16.5. The maximum atomic E-state index is 5.05. The van der Waals surface area contributed by atoms with Gasteiger partial charge in [-0.2, -0.15) is 0 Å². The highest BCUT2D eigenvalue weighted by Crippen LogP contribution is 1.98. The second-order valence-corrected chi connectivity index (χ2v) is 3.65. The van der Waals surface area contributed by atoms with E-state index in [4.69, 9.17) is 4.74 Å². The van der Waals surface area contributed by atoms with Crippen molar-refractivity contribution < 1.29 is 4.74 Å². The van der Waals surface area contributed by atoms with Gasteiger partial charge < -0.3 is 15.0 Å². The van der Waals surface area contributed by atoms with Gasteiger partial charge in [-0.05, 0) is 45.4 Å². The number of nitrogens with one attached hydrogen (secondary N) is 1. The minimum atomic E-state index is 0.898. The second kappa shape index (κ2) is 7.30. The van der Waals surface area contributed by atoms with Crippen molar-refractivity contribution in [2.75, 3.05) is 46.4 Å². The minimum absolute atomic E-state index is 0.898. The summed E-state index contributed by atoms with van der Waals surface area (Å²) in [5.41, 5.74) is 0. The van der Waals surface area contributed by atoms with E-state index in [-0.39, 0.29) is 0 Å². The number of hydrogen-bond acceptors (Lipinski definition) is 3. The molecule has 1 aliphatic rings. The first-order valence-electron chi connectivity index (χ1n) is 5.35. The van der Waals surface area contributed by atoms with Crippen LogP contribution in [0, 0.1) is 0 Å². The largest absolute Gasteiger partial charge is 0.385 e. The molecule has 0 aromatic carbocycles. The summed E-state index contributed by atoms with van der Waals surface area (Å²) < 4.78 is 5.05. The molecule has 0 aliphatic carbocycles. The lowest BCUT2D eigenvalue weighted by molar-refractivity contribution is 0.168. The molecule has 1 saturated heterocycles. The van der Waals surface area contributed by atoms with E-state index in [0.29, 0.717) is 0 Å². The number of rotatable bonds is 4. The van der Waals surface area contributed by atoms with Crippen molar-refractivity contribution in [2.45, 2.75) is 19.3 Å². The van der Waals surface area contributed by atoms with Crippen molar-refractivity contribution in [3.8, 4) is 0 Å². The Morgan fingerprint density at radius 3 is 2.54 bits per heavy atom. The standard InChI is InChI=1S/C10H22N2O/c1-13-10-4-9-12-7-2-5-11-6-3-8-12/h11H,2-10H2,1H3. The fourth-order valence-corrected chi connectivity index (χ4v) is 1.75. The van der Waals surface area contributed by atoms with E-state index >= 15 is 0 Å². The van der Waals surface area contributed by atoms with E-state index < -0.39 is 0 Å². The molecule has 0 saturated carbocycles. The molecule has 0 aromatic heterocycles. The van der Waals surface area contributed by atoms with Gasteiger partial charge in [-0.15, -0.1) is 0 Å². The van der Waals surface area contributed by atoms with Gasteiger partial charge in [0.1, 0.15) is 0 Å². The van der Waals surface area contributed by atoms with Gasteiger partial charge in [0, 0.05) is 20.3 Å². The number of methoxy groups -OCH3 is 1. The maximum absolute atomic E-state index is 5.05. The topological polar surface area (TPSA) is 24.5 Å². The van der Waals surface area contributed by atoms with E-state index in [1.807, 2.05) is 0 Å². The van der Waals surface area contributed by atoms with Gasteiger partial charge in [0.2, 0.25) is 0 Å². The molecule has 0 aromatic rings. The van der Waals surface area contributed by atoms with Gasteiger partial charge in [0.15, 0.2) is 0 Å². The molecule has 0 unspecified atom stereocenters. The molecule has 1 N–H and O–H groups in total. The zero-order valence-corrected chi connectivity index (χ0v) is 8.72. The molecular formula is C10H22N2O. The van der Waals surface area contributed by atoms with E-state index in [0.717, 1.165) is 6.61 Å². The SMILES string of the molecule is COCCCN1CCCNCCC1. The van der Waals surface area contributed by atoms with Crippen LogP contribution >= 0.6 is 0 Å². The molecule has 78 valence electrons. The summed E-state index contributed by atoms with van der Waals surface area (Å²) in [5, 5.41) is 3.42. The molecule has 0 amide bonds. The van der Waals surface area contributed by atoms with E-state index in [1.54, 1.807) is 7.11 Å². The van der Waals surface area contributed by atoms with Crippen LogP contribution in [0.1, 0.15) is 19.3 Å². The van der Waals surface area contributed by atoms with Crippen molar-refractivity contribution in [3.63, 3.8) is 0 Å². The quantitative estimate of drug-likeness (QED) is 0.654. The molecule has 0 atom stereocenters. The van der Waals surface area contributed by atoms with Crippen LogP contribution in [0.25, 0.3) is 0 Å². The summed E-state index contributed by atoms with van der Waals surface area (Å²) in [6.45, 7) is 6.96. The van der Waals surface area contributed by atoms with Crippen molar-refractivity contribution in [1.82, 2.24) is 10.2 Å². The molecule has 3 nitrogen and oxygen atoms in total. The Hall–Kier alpha value is -0.120. The lowest BCUT2D eigenvalue weighted by atomic mass is 10.2. The average molecular weight is 186 g/mol. The zero-order chi connectivity index (χ0) is 9.36. The van der Waals surface area contributed by atoms with Crippen LogP contribution < -0.4 is 5.32 Å². The summed E-state index contributed by atoms with van der Waals surface area (Å²) >= 11 is 0. The number of nitrogens with zero attached hydrogens (tertiary/aromatic N) is 1. The molecule has 1 fully saturated rings. The lowest BCUT2D eigenvalue weighted by Gasteiger charge is -2.24. The van der Waals surface area contributed by atoms with Crippen LogP contribution in [-0.4, -0.2) is 51.3 Å². The fourth-order valence-electron chi connectivity index (χ4n) is 1.75. The van der Waals surface area contributed by atoms with Crippen molar-refractivity contribution in [2.24, 2.45) is 0 Å². The van der Waals surface area contributed by atoms with Crippen LogP contribution in [0.15, 0.2) is 0 Å². The summed E-state index contributed by atoms with van der Waals surface area (Å²) in [6, 6.07) is 0. The van der Waals surface area contributed by atoms with Crippen LogP contribution in [-0.2, 0) is 4.74 Å². The van der Waals surface area contributed by atoms with Gasteiger partial charge >= 0.3 is 0 Å². The molecule has 3 heteroatoms. The Bertz CT molecular complexity index is 111. The van der Waals surface area contributed by atoms with E-state index in [9.17, 15) is 0 Å². The van der Waals surface area contributed by atoms with Crippen molar-refractivity contribution in [3.05, 3.63) is 0 Å². The third kappa shape index (κ3) is 5.24. The molecule has 13 heavy (non-hydrogen) atoms. The smallest absolute Gasteiger partial charge is 0.0474 e. The molecule has 1 rings (SSSR count). The highest BCUT2D eigenvalue weighted by molar-refractivity contribution is 4.63. The van der Waals surface area contributed by atoms with E-state index in [1.165, 1.54) is 52.0 Å². The summed E-state index contributed by atoms with van der Waals surface area (Å²) in [6.07, 6.45) is 3.74. The predicted octanol–water partition coefficient (Wildman–Crippen LogP) is 0.708.